The molecule has 13 aromatic carbocycles. The summed E-state index contributed by atoms with van der Waals surface area (Å²) >= 11 is 0. The van der Waals surface area contributed by atoms with E-state index in [2.05, 4.69) is 398 Å². The van der Waals surface area contributed by atoms with Gasteiger partial charge in [-0.1, -0.05) is 442 Å². The van der Waals surface area contributed by atoms with Gasteiger partial charge in [0.1, 0.15) is 0 Å². The first-order chi connectivity index (χ1) is 67.0. The van der Waals surface area contributed by atoms with Crippen molar-refractivity contribution in [3.63, 3.8) is 0 Å². The molecule has 3 heterocycles. The summed E-state index contributed by atoms with van der Waals surface area (Å²) in [5, 5.41) is 2.32. The SMILES string of the molecule is [2H]c1c([2H])c(C(C)(C)C)c([2H])c([2H])c1-c1c([2H])c(C(C)(C)C)c([2H])c(-c2c([2H])c(C(C)(C)C)c([2H])c([2H])c2C(C)(C)C)c1N1c2cc(-c3cc(C(C)(C)C)cc(C(C)(C)C)c3)ccc2B2c3ccc(-n4c5ccc(C(C)(C)C)cc5c5cc(C(C)(C)C)ccc54)cc3N(c3c(-c4ccc(C(C)(C)C)cc4)cc(C(C)(C)C)cc3-c3cc(C(C)(C)C)cc(C(C)(C)C)c3)c3cc(-c4cc(C(C)(C)C)cc(C(C)(C)C)c4)cc1c32. The number of fused-ring (bicyclic) bond motifs is 7. The van der Waals surface area contributed by atoms with Crippen molar-refractivity contribution in [1.29, 1.82) is 0 Å². The van der Waals surface area contributed by atoms with Gasteiger partial charge in [-0.25, -0.2) is 0 Å². The summed E-state index contributed by atoms with van der Waals surface area (Å²) in [6.07, 6.45) is 0. The molecule has 0 radical (unpaired) electrons. The molecular weight excluding hydrogens is 1660 g/mol. The molecule has 0 fully saturated rings. The summed E-state index contributed by atoms with van der Waals surface area (Å²) < 4.78 is 103. The average molecular weight is 1840 g/mol. The molecule has 0 aliphatic carbocycles. The summed E-state index contributed by atoms with van der Waals surface area (Å²) in [6, 6.07) is 67.5. The van der Waals surface area contributed by atoms with Crippen LogP contribution < -0.4 is 26.2 Å². The molecule has 138 heavy (non-hydrogen) atoms. The molecule has 4 heteroatoms. The maximum Gasteiger partial charge on any atom is 0.252 e. The Morgan fingerprint density at radius 1 is 0.203 bits per heavy atom. The van der Waals surface area contributed by atoms with E-state index >= 15 is 0 Å². The number of hydrogen-bond acceptors (Lipinski definition) is 2. The topological polar surface area (TPSA) is 11.4 Å². The smallest absolute Gasteiger partial charge is 0.252 e. The van der Waals surface area contributed by atoms with E-state index in [9.17, 15) is 12.3 Å². The lowest BCUT2D eigenvalue weighted by Crippen LogP contribution is -2.61. The Morgan fingerprint density at radius 3 is 0.928 bits per heavy atom. The molecule has 0 saturated heterocycles. The van der Waals surface area contributed by atoms with E-state index in [0.29, 0.717) is 22.5 Å². The minimum atomic E-state index is -1.09. The van der Waals surface area contributed by atoms with Gasteiger partial charge in [-0.15, -0.1) is 0 Å². The summed E-state index contributed by atoms with van der Waals surface area (Å²) in [5.41, 5.74) is 23.7. The fourth-order valence-corrected chi connectivity index (χ4v) is 19.9. The normalized spacial score (nSPS) is 15.0. The molecule has 1 aromatic heterocycles. The van der Waals surface area contributed by atoms with Crippen LogP contribution in [0.1, 0.15) is 381 Å². The van der Waals surface area contributed by atoms with Crippen molar-refractivity contribution in [1.82, 2.24) is 4.57 Å². The van der Waals surface area contributed by atoms with Crippen molar-refractivity contribution >= 4 is 79.0 Å². The molecule has 718 valence electrons. The number of hydrogen-bond donors (Lipinski definition) is 0. The minimum Gasteiger partial charge on any atom is -0.310 e. The Kier molecular flexibility index (Phi) is 21.5. The van der Waals surface area contributed by atoms with E-state index in [1.165, 1.54) is 27.8 Å². The standard InChI is InChI=1S/C134H164BN3/c1-121(2,3)88-48-43-81(44-49-88)102-76-99(132(34,35)36)78-104(87-65-97(130(28,29)30)72-98(66-87)131(31,32)33)119(102)138-115-80-101(136-112-59-53-91(124(10,11)12)74-106(112)107-75-92(125(13,14)15)54-60-113(107)136)55-58-111(115)135-110-57-47-83(84-61-93(126(16,17)18)70-94(62-84)127(19,20)21)67-114(110)137(116-68-86(69-117(138)118(116)135)85-63-95(128(22,23)24)71-96(64-85)129(25,26)27)120-103(82-45-50-89(51-46-82)122(4,5)6)77-100(133(37,38)39)79-108(120)105-73-90(123(7,8)9)52-56-109(105)134(40,41)42/h43-80H,1-42H3/i45D,46D,50D,51D,52D,56D,73D,77D,79D. The zero-order valence-corrected chi connectivity index (χ0v) is 92.2. The summed E-state index contributed by atoms with van der Waals surface area (Å²) in [7, 11) is 0. The highest BCUT2D eigenvalue weighted by molar-refractivity contribution is 7.00. The quantitative estimate of drug-likeness (QED) is 0.133. The zero-order chi connectivity index (χ0) is 109. The Balaban J connectivity index is 1.27. The van der Waals surface area contributed by atoms with Crippen molar-refractivity contribution < 1.29 is 12.3 Å². The third-order valence-electron chi connectivity index (χ3n) is 29.2. The lowest BCUT2D eigenvalue weighted by Gasteiger charge is -2.46. The molecule has 0 atom stereocenters. The highest BCUT2D eigenvalue weighted by atomic mass is 15.2. The lowest BCUT2D eigenvalue weighted by atomic mass is 9.33. The van der Waals surface area contributed by atoms with Crippen LogP contribution >= 0.6 is 0 Å². The predicted octanol–water partition coefficient (Wildman–Crippen LogP) is 37.0. The van der Waals surface area contributed by atoms with E-state index in [4.69, 9.17) is 0 Å². The van der Waals surface area contributed by atoms with E-state index < -0.39 is 44.6 Å². The van der Waals surface area contributed by atoms with Gasteiger partial charge in [0.2, 0.25) is 0 Å². The molecule has 0 saturated carbocycles. The zero-order valence-electron chi connectivity index (χ0n) is 101. The summed E-state index contributed by atoms with van der Waals surface area (Å²) in [4.78, 5) is 4.92. The molecule has 0 spiro atoms. The van der Waals surface area contributed by atoms with Crippen LogP contribution in [0.15, 0.2) is 230 Å². The van der Waals surface area contributed by atoms with E-state index in [0.717, 1.165) is 133 Å². The number of anilines is 6. The highest BCUT2D eigenvalue weighted by Gasteiger charge is 2.48. The maximum atomic E-state index is 12.0. The van der Waals surface area contributed by atoms with Crippen LogP contribution in [0.2, 0.25) is 0 Å². The van der Waals surface area contributed by atoms with Gasteiger partial charge in [0.25, 0.3) is 6.71 Å². The van der Waals surface area contributed by atoms with E-state index in [-0.39, 0.29) is 131 Å². The van der Waals surface area contributed by atoms with Crippen molar-refractivity contribution in [3.8, 4) is 72.4 Å². The van der Waals surface area contributed by atoms with Crippen LogP contribution in [-0.4, -0.2) is 11.3 Å². The molecule has 2 aliphatic rings. The van der Waals surface area contributed by atoms with Crippen molar-refractivity contribution in [2.75, 3.05) is 9.80 Å². The van der Waals surface area contributed by atoms with Crippen LogP contribution in [0.25, 0.3) is 94.3 Å². The lowest BCUT2D eigenvalue weighted by molar-refractivity contribution is 0.568. The molecule has 0 amide bonds. The summed E-state index contributed by atoms with van der Waals surface area (Å²) in [5.74, 6) is 0. The molecule has 3 nitrogen and oxygen atoms in total. The first kappa shape index (κ1) is 88.7. The molecule has 16 rings (SSSR count). The number of nitrogens with zero attached hydrogens (tertiary/aromatic N) is 3. The fourth-order valence-electron chi connectivity index (χ4n) is 19.9. The number of benzene rings is 13. The second-order valence-corrected chi connectivity index (χ2v) is 55.2. The van der Waals surface area contributed by atoms with Gasteiger partial charge >= 0.3 is 0 Å². The van der Waals surface area contributed by atoms with Crippen LogP contribution in [0.4, 0.5) is 34.1 Å². The Bertz CT molecular complexity index is 7540. The molecule has 2 aliphatic heterocycles. The predicted molar refractivity (Wildman–Crippen MR) is 609 cm³/mol. The first-order valence-electron chi connectivity index (χ1n) is 55.4. The monoisotopic (exact) mass is 1840 g/mol. The number of rotatable bonds is 9. The van der Waals surface area contributed by atoms with Crippen LogP contribution in [0.5, 0.6) is 0 Å². The van der Waals surface area contributed by atoms with Crippen molar-refractivity contribution in [2.45, 2.75) is 367 Å². The Morgan fingerprint density at radius 2 is 0.522 bits per heavy atom. The van der Waals surface area contributed by atoms with Gasteiger partial charge in [-0.2, -0.15) is 0 Å². The molecule has 14 aromatic rings. The fraction of sp³-hybridized carbons (Fsp3) is 0.418. The van der Waals surface area contributed by atoms with Gasteiger partial charge in [-0.05, 0) is 293 Å². The largest absolute Gasteiger partial charge is 0.310 e. The van der Waals surface area contributed by atoms with Gasteiger partial charge in [-0.3, -0.25) is 0 Å². The number of aromatic nitrogens is 1. The second-order valence-electron chi connectivity index (χ2n) is 55.2. The Hall–Kier alpha value is -10.7. The van der Waals surface area contributed by atoms with Gasteiger partial charge in [0.15, 0.2) is 0 Å². The van der Waals surface area contributed by atoms with Gasteiger partial charge in [0.05, 0.1) is 34.7 Å². The van der Waals surface area contributed by atoms with Crippen molar-refractivity contribution in [2.24, 2.45) is 0 Å². The second kappa shape index (κ2) is 33.5. The molecule has 0 bridgehead atoms. The molecular formula is C134H164BN3. The Labute approximate surface area is 847 Å². The van der Waals surface area contributed by atoms with Crippen LogP contribution in [0, 0.1) is 0 Å². The maximum absolute atomic E-state index is 12.0. The molecule has 0 N–H and O–H groups in total. The van der Waals surface area contributed by atoms with Crippen molar-refractivity contribution in [3.05, 3.63) is 308 Å². The molecule has 0 unspecified atom stereocenters. The first-order valence-corrected chi connectivity index (χ1v) is 50.9. The van der Waals surface area contributed by atoms with Crippen LogP contribution in [-0.2, 0) is 75.8 Å². The third kappa shape index (κ3) is 19.1. The highest BCUT2D eigenvalue weighted by Crippen LogP contribution is 2.59. The van der Waals surface area contributed by atoms with Crippen LogP contribution in [0.3, 0.4) is 0 Å². The van der Waals surface area contributed by atoms with Gasteiger partial charge < -0.3 is 14.4 Å². The van der Waals surface area contributed by atoms with Gasteiger partial charge in [0, 0.05) is 61.5 Å². The minimum absolute atomic E-state index is 0.0347. The summed E-state index contributed by atoms with van der Waals surface area (Å²) in [6.45, 7) is 92.2. The van der Waals surface area contributed by atoms with E-state index in [1.807, 2.05) is 83.1 Å². The average Bonchev–Trinajstić information content (AvgIpc) is 1.17. The third-order valence-corrected chi connectivity index (χ3v) is 29.2. The van der Waals surface area contributed by atoms with E-state index in [1.54, 1.807) is 0 Å².